The predicted molar refractivity (Wildman–Crippen MR) is 77.4 cm³/mol. The maximum atomic E-state index is 5.94. The van der Waals surface area contributed by atoms with Crippen molar-refractivity contribution in [1.29, 1.82) is 0 Å². The van der Waals surface area contributed by atoms with E-state index in [9.17, 15) is 0 Å². The summed E-state index contributed by atoms with van der Waals surface area (Å²) in [4.78, 5) is 2.48. The van der Waals surface area contributed by atoms with Crippen LogP contribution in [0.5, 0.6) is 5.75 Å². The fourth-order valence-electron chi connectivity index (χ4n) is 3.24. The van der Waals surface area contributed by atoms with Crippen molar-refractivity contribution in [3.63, 3.8) is 0 Å². The van der Waals surface area contributed by atoms with E-state index in [1.165, 1.54) is 18.5 Å². The summed E-state index contributed by atoms with van der Waals surface area (Å²) in [5.41, 5.74) is 1.29. The van der Waals surface area contributed by atoms with Crippen LogP contribution in [0.1, 0.15) is 24.9 Å². The van der Waals surface area contributed by atoms with E-state index in [2.05, 4.69) is 42.4 Å². The molecule has 0 bridgehead atoms. The van der Waals surface area contributed by atoms with Gasteiger partial charge in [-0.2, -0.15) is 0 Å². The lowest BCUT2D eigenvalue weighted by Crippen LogP contribution is -2.48. The molecule has 1 aliphatic heterocycles. The minimum atomic E-state index is 0.365. The largest absolute Gasteiger partial charge is 0.492 e. The van der Waals surface area contributed by atoms with Crippen molar-refractivity contribution in [2.45, 2.75) is 25.4 Å². The normalized spacial score (nSPS) is 32.8. The third-order valence-electron chi connectivity index (χ3n) is 4.72. The molecule has 104 valence electrons. The van der Waals surface area contributed by atoms with Crippen LogP contribution in [0.2, 0.25) is 0 Å². The molecule has 0 spiro atoms. The highest BCUT2D eigenvalue weighted by Gasteiger charge is 2.38. The summed E-state index contributed by atoms with van der Waals surface area (Å²) in [7, 11) is 4.28. The fraction of sp³-hybridized carbons (Fsp3) is 0.625. The second kappa shape index (κ2) is 5.14. The van der Waals surface area contributed by atoms with Crippen LogP contribution < -0.4 is 10.1 Å². The van der Waals surface area contributed by atoms with Gasteiger partial charge in [-0.1, -0.05) is 25.1 Å². The van der Waals surface area contributed by atoms with Gasteiger partial charge in [0.25, 0.3) is 0 Å². The molecule has 1 aromatic carbocycles. The number of para-hydroxylation sites is 1. The van der Waals surface area contributed by atoms with Crippen molar-refractivity contribution in [1.82, 2.24) is 10.2 Å². The van der Waals surface area contributed by atoms with Crippen molar-refractivity contribution >= 4 is 0 Å². The molecule has 4 unspecified atom stereocenters. The van der Waals surface area contributed by atoms with E-state index in [4.69, 9.17) is 4.74 Å². The van der Waals surface area contributed by atoms with Crippen molar-refractivity contribution in [3.8, 4) is 5.75 Å². The van der Waals surface area contributed by atoms with Gasteiger partial charge in [-0.3, -0.25) is 4.90 Å². The summed E-state index contributed by atoms with van der Waals surface area (Å²) in [6.07, 6.45) is 1.39. The van der Waals surface area contributed by atoms with Crippen molar-refractivity contribution in [2.24, 2.45) is 11.8 Å². The molecular formula is C16H24N2O. The first kappa shape index (κ1) is 12.9. The van der Waals surface area contributed by atoms with E-state index >= 15 is 0 Å². The quantitative estimate of drug-likeness (QED) is 0.899. The summed E-state index contributed by atoms with van der Waals surface area (Å²) in [6, 6.07) is 9.17. The zero-order valence-electron chi connectivity index (χ0n) is 12.1. The molecule has 3 nitrogen and oxygen atoms in total. The third kappa shape index (κ3) is 2.49. The van der Waals surface area contributed by atoms with Crippen LogP contribution in [0, 0.1) is 11.8 Å². The van der Waals surface area contributed by atoms with Crippen molar-refractivity contribution in [3.05, 3.63) is 29.8 Å². The summed E-state index contributed by atoms with van der Waals surface area (Å²) >= 11 is 0. The molecule has 0 saturated heterocycles. The van der Waals surface area contributed by atoms with Gasteiger partial charge in [0.15, 0.2) is 0 Å². The van der Waals surface area contributed by atoms with Gasteiger partial charge in [-0.15, -0.1) is 0 Å². The number of hydrogen-bond donors (Lipinski definition) is 1. The first-order chi connectivity index (χ1) is 9.20. The standard InChI is InChI=1S/C16H24N2O/c1-11-8-12(11)9-18(3)14-10-19-15-7-5-4-6-13(15)16(14)17-2/h4-7,11-12,14,16-17H,8-10H2,1-3H3. The Kier molecular flexibility index (Phi) is 3.50. The Labute approximate surface area is 115 Å². The number of ether oxygens (including phenoxy) is 1. The average Bonchev–Trinajstić information content (AvgIpc) is 3.12. The third-order valence-corrected chi connectivity index (χ3v) is 4.72. The highest BCUT2D eigenvalue weighted by atomic mass is 16.5. The first-order valence-electron chi connectivity index (χ1n) is 7.30. The van der Waals surface area contributed by atoms with Gasteiger partial charge in [0, 0.05) is 12.1 Å². The molecule has 1 saturated carbocycles. The topological polar surface area (TPSA) is 24.5 Å². The molecule has 2 aliphatic rings. The Morgan fingerprint density at radius 3 is 2.79 bits per heavy atom. The summed E-state index contributed by atoms with van der Waals surface area (Å²) in [5, 5.41) is 3.47. The molecule has 3 heteroatoms. The van der Waals surface area contributed by atoms with E-state index in [-0.39, 0.29) is 0 Å². The number of nitrogens with zero attached hydrogens (tertiary/aromatic N) is 1. The molecule has 19 heavy (non-hydrogen) atoms. The Hall–Kier alpha value is -1.06. The van der Waals surface area contributed by atoms with Gasteiger partial charge in [0.05, 0.1) is 12.1 Å². The van der Waals surface area contributed by atoms with E-state index in [1.54, 1.807) is 0 Å². The van der Waals surface area contributed by atoms with Crippen molar-refractivity contribution < 1.29 is 4.74 Å². The van der Waals surface area contributed by atoms with Crippen LogP contribution >= 0.6 is 0 Å². The lowest BCUT2D eigenvalue weighted by atomic mass is 9.95. The molecule has 1 fully saturated rings. The maximum absolute atomic E-state index is 5.94. The van der Waals surface area contributed by atoms with E-state index < -0.39 is 0 Å². The summed E-state index contributed by atoms with van der Waals surface area (Å²) in [6.45, 7) is 4.32. The molecule has 3 rings (SSSR count). The van der Waals surface area contributed by atoms with Gasteiger partial charge >= 0.3 is 0 Å². The van der Waals surface area contributed by atoms with Crippen LogP contribution in [0.3, 0.4) is 0 Å². The monoisotopic (exact) mass is 260 g/mol. The lowest BCUT2D eigenvalue weighted by molar-refractivity contribution is 0.104. The fourth-order valence-corrected chi connectivity index (χ4v) is 3.24. The van der Waals surface area contributed by atoms with Crippen LogP contribution in [-0.2, 0) is 0 Å². The molecule has 1 aromatic rings. The zero-order valence-corrected chi connectivity index (χ0v) is 12.1. The zero-order chi connectivity index (χ0) is 13.4. The Bertz CT molecular complexity index is 448. The number of likely N-dealkylation sites (N-methyl/N-ethyl adjacent to an activating group) is 2. The van der Waals surface area contributed by atoms with Gasteiger partial charge in [-0.05, 0) is 38.4 Å². The van der Waals surface area contributed by atoms with Crippen LogP contribution in [0.15, 0.2) is 24.3 Å². The van der Waals surface area contributed by atoms with E-state index in [0.29, 0.717) is 12.1 Å². The van der Waals surface area contributed by atoms with E-state index in [0.717, 1.165) is 24.2 Å². The van der Waals surface area contributed by atoms with Gasteiger partial charge in [0.2, 0.25) is 0 Å². The number of fused-ring (bicyclic) bond motifs is 1. The Balaban J connectivity index is 1.75. The highest BCUT2D eigenvalue weighted by Crippen LogP contribution is 2.40. The second-order valence-corrected chi connectivity index (χ2v) is 6.10. The first-order valence-corrected chi connectivity index (χ1v) is 7.30. The van der Waals surface area contributed by atoms with Crippen LogP contribution in [-0.4, -0.2) is 38.2 Å². The second-order valence-electron chi connectivity index (χ2n) is 6.10. The Morgan fingerprint density at radius 1 is 1.37 bits per heavy atom. The SMILES string of the molecule is CNC1c2ccccc2OCC1N(C)CC1CC1C. The minimum Gasteiger partial charge on any atom is -0.492 e. The minimum absolute atomic E-state index is 0.365. The van der Waals surface area contributed by atoms with Gasteiger partial charge < -0.3 is 10.1 Å². The van der Waals surface area contributed by atoms with Crippen LogP contribution in [0.25, 0.3) is 0 Å². The van der Waals surface area contributed by atoms with Gasteiger partial charge in [-0.25, -0.2) is 0 Å². The van der Waals surface area contributed by atoms with Crippen LogP contribution in [0.4, 0.5) is 0 Å². The van der Waals surface area contributed by atoms with Gasteiger partial charge in [0.1, 0.15) is 12.4 Å². The number of rotatable bonds is 4. The molecule has 1 N–H and O–H groups in total. The molecule has 1 aliphatic carbocycles. The summed E-state index contributed by atoms with van der Waals surface area (Å²) < 4.78 is 5.94. The highest BCUT2D eigenvalue weighted by molar-refractivity contribution is 5.38. The van der Waals surface area contributed by atoms with Crippen molar-refractivity contribution in [2.75, 3.05) is 27.2 Å². The molecule has 1 heterocycles. The molecule has 0 radical (unpaired) electrons. The lowest BCUT2D eigenvalue weighted by Gasteiger charge is -2.39. The summed E-state index contributed by atoms with van der Waals surface area (Å²) in [5.74, 6) is 2.83. The Morgan fingerprint density at radius 2 is 2.11 bits per heavy atom. The molecule has 0 amide bonds. The average molecular weight is 260 g/mol. The van der Waals surface area contributed by atoms with E-state index in [1.807, 2.05) is 13.1 Å². The smallest absolute Gasteiger partial charge is 0.124 e. The number of hydrogen-bond acceptors (Lipinski definition) is 3. The number of benzene rings is 1. The number of nitrogens with one attached hydrogen (secondary N) is 1. The molecule has 4 atom stereocenters. The maximum Gasteiger partial charge on any atom is 0.124 e. The molecular weight excluding hydrogens is 236 g/mol. The molecule has 0 aromatic heterocycles. The predicted octanol–water partition coefficient (Wildman–Crippen LogP) is 2.30.